The Morgan fingerprint density at radius 1 is 0.821 bits per heavy atom. The highest BCUT2D eigenvalue weighted by atomic mass is 19.1. The fraction of sp³-hybridized carbons (Fsp3) is 0.310. The van der Waals surface area contributed by atoms with E-state index in [0.717, 1.165) is 6.07 Å². The number of non-ortho nitro benzene ring substituents is 1. The molecule has 0 aliphatic carbocycles. The lowest BCUT2D eigenvalue weighted by Gasteiger charge is -2.23. The third-order valence-electron chi connectivity index (χ3n) is 7.72. The average molecular weight is 538 g/mol. The Hall–Kier alpha value is -4.21. The summed E-state index contributed by atoms with van der Waals surface area (Å²) >= 11 is 0. The molecule has 2 saturated heterocycles. The first-order valence-corrected chi connectivity index (χ1v) is 12.7. The number of benzene rings is 3. The van der Waals surface area contributed by atoms with E-state index < -0.39 is 16.6 Å². The zero-order valence-electron chi connectivity index (χ0n) is 21.0. The maximum atomic E-state index is 14.9. The van der Waals surface area contributed by atoms with Crippen molar-refractivity contribution in [1.82, 2.24) is 9.80 Å². The SMILES string of the molecule is O=C(Cc1ccc([N+](=O)[O-])cc1F)N1C[C@H]2CCN(C(=O)c3ccc(-c4ccc(F)cc4)cc3F)CC[C@H]2C1. The first-order chi connectivity index (χ1) is 18.7. The lowest BCUT2D eigenvalue weighted by atomic mass is 9.92. The number of halogens is 3. The van der Waals surface area contributed by atoms with Gasteiger partial charge >= 0.3 is 0 Å². The predicted molar refractivity (Wildman–Crippen MR) is 137 cm³/mol. The summed E-state index contributed by atoms with van der Waals surface area (Å²) in [5, 5.41) is 10.8. The molecule has 0 radical (unpaired) electrons. The summed E-state index contributed by atoms with van der Waals surface area (Å²) in [7, 11) is 0. The molecule has 2 aliphatic heterocycles. The summed E-state index contributed by atoms with van der Waals surface area (Å²) in [6.07, 6.45) is 1.13. The Bertz CT molecular complexity index is 1410. The first kappa shape index (κ1) is 26.4. The van der Waals surface area contributed by atoms with Crippen molar-refractivity contribution in [3.63, 3.8) is 0 Å². The van der Waals surface area contributed by atoms with Crippen molar-refractivity contribution in [2.45, 2.75) is 19.3 Å². The van der Waals surface area contributed by atoms with Gasteiger partial charge in [-0.3, -0.25) is 19.7 Å². The normalized spacial score (nSPS) is 18.9. The molecule has 39 heavy (non-hydrogen) atoms. The third kappa shape index (κ3) is 5.64. The van der Waals surface area contributed by atoms with E-state index in [9.17, 15) is 32.9 Å². The Morgan fingerprint density at radius 2 is 1.46 bits per heavy atom. The number of hydrogen-bond acceptors (Lipinski definition) is 4. The van der Waals surface area contributed by atoms with Gasteiger partial charge in [-0.1, -0.05) is 18.2 Å². The maximum absolute atomic E-state index is 14.9. The van der Waals surface area contributed by atoms with Gasteiger partial charge in [0.1, 0.15) is 17.5 Å². The predicted octanol–water partition coefficient (Wildman–Crippen LogP) is 5.23. The highest BCUT2D eigenvalue weighted by Crippen LogP contribution is 2.33. The minimum Gasteiger partial charge on any atom is -0.342 e. The van der Waals surface area contributed by atoms with Gasteiger partial charge < -0.3 is 9.80 Å². The highest BCUT2D eigenvalue weighted by Gasteiger charge is 2.38. The molecular weight excluding hydrogens is 511 g/mol. The Balaban J connectivity index is 1.19. The summed E-state index contributed by atoms with van der Waals surface area (Å²) in [5.41, 5.74) is 0.923. The van der Waals surface area contributed by atoms with Crippen LogP contribution in [0.5, 0.6) is 0 Å². The topological polar surface area (TPSA) is 83.8 Å². The minimum absolute atomic E-state index is 0.0187. The van der Waals surface area contributed by atoms with Crippen LogP contribution in [0.25, 0.3) is 11.1 Å². The molecule has 5 rings (SSSR count). The summed E-state index contributed by atoms with van der Waals surface area (Å²) in [6, 6.07) is 13.4. The van der Waals surface area contributed by atoms with Crippen molar-refractivity contribution < 1.29 is 27.7 Å². The van der Waals surface area contributed by atoms with Crippen LogP contribution in [0.1, 0.15) is 28.8 Å². The Morgan fingerprint density at radius 3 is 2.05 bits per heavy atom. The highest BCUT2D eigenvalue weighted by molar-refractivity contribution is 5.95. The largest absolute Gasteiger partial charge is 0.342 e. The van der Waals surface area contributed by atoms with Crippen LogP contribution < -0.4 is 0 Å². The van der Waals surface area contributed by atoms with Crippen LogP contribution in [-0.4, -0.2) is 52.7 Å². The first-order valence-electron chi connectivity index (χ1n) is 12.7. The van der Waals surface area contributed by atoms with Crippen molar-refractivity contribution in [1.29, 1.82) is 0 Å². The number of carbonyl (C=O) groups is 2. The quantitative estimate of drug-likeness (QED) is 0.330. The summed E-state index contributed by atoms with van der Waals surface area (Å²) in [4.78, 5) is 39.5. The molecule has 0 unspecified atom stereocenters. The lowest BCUT2D eigenvalue weighted by molar-refractivity contribution is -0.385. The number of nitro groups is 1. The Kier molecular flexibility index (Phi) is 7.36. The van der Waals surface area contributed by atoms with Crippen LogP contribution in [0.2, 0.25) is 0 Å². The number of carbonyl (C=O) groups excluding carboxylic acids is 2. The van der Waals surface area contributed by atoms with Crippen molar-refractivity contribution in [2.75, 3.05) is 26.2 Å². The fourth-order valence-corrected chi connectivity index (χ4v) is 5.50. The monoisotopic (exact) mass is 537 g/mol. The molecule has 2 fully saturated rings. The van der Waals surface area contributed by atoms with Gasteiger partial charge in [0, 0.05) is 32.2 Å². The number of amides is 2. The van der Waals surface area contributed by atoms with Crippen molar-refractivity contribution >= 4 is 17.5 Å². The minimum atomic E-state index is -0.780. The zero-order chi connectivity index (χ0) is 27.7. The van der Waals surface area contributed by atoms with Crippen molar-refractivity contribution in [3.05, 3.63) is 99.4 Å². The van der Waals surface area contributed by atoms with Crippen LogP contribution in [0.4, 0.5) is 18.9 Å². The molecule has 3 aromatic rings. The molecule has 7 nitrogen and oxygen atoms in total. The second-order valence-corrected chi connectivity index (χ2v) is 10.1. The van der Waals surface area contributed by atoms with Crippen LogP contribution >= 0.6 is 0 Å². The molecule has 2 atom stereocenters. The molecule has 0 aromatic heterocycles. The second-order valence-electron chi connectivity index (χ2n) is 10.1. The van der Waals surface area contributed by atoms with E-state index in [1.54, 1.807) is 28.0 Å². The van der Waals surface area contributed by atoms with Gasteiger partial charge in [-0.05, 0) is 71.7 Å². The number of fused-ring (bicyclic) bond motifs is 1. The molecule has 2 amide bonds. The van der Waals surface area contributed by atoms with Crippen LogP contribution in [0.15, 0.2) is 60.7 Å². The van der Waals surface area contributed by atoms with Gasteiger partial charge in [-0.2, -0.15) is 0 Å². The van der Waals surface area contributed by atoms with Gasteiger partial charge in [-0.15, -0.1) is 0 Å². The van der Waals surface area contributed by atoms with E-state index in [1.165, 1.54) is 36.4 Å². The van der Waals surface area contributed by atoms with Crippen molar-refractivity contribution in [2.24, 2.45) is 11.8 Å². The van der Waals surface area contributed by atoms with Gasteiger partial charge in [0.2, 0.25) is 5.91 Å². The standard InChI is InChI=1S/C29H26F3N3O4/c30-23-5-1-18(2-6-23)19-4-8-25(27(32)13-19)29(37)33-11-9-21-16-34(17-22(21)10-12-33)28(36)14-20-3-7-24(35(38)39)15-26(20)31/h1-8,13,15,21-22H,9-12,14,16-17H2/t21-,22+. The van der Waals surface area contributed by atoms with Crippen LogP contribution in [0.3, 0.4) is 0 Å². The lowest BCUT2D eigenvalue weighted by Crippen LogP contribution is -2.35. The van der Waals surface area contributed by atoms with Crippen LogP contribution in [0, 0.1) is 39.4 Å². The number of likely N-dealkylation sites (tertiary alicyclic amines) is 2. The maximum Gasteiger partial charge on any atom is 0.272 e. The molecule has 0 spiro atoms. The average Bonchev–Trinajstić information content (AvgIpc) is 3.22. The second kappa shape index (κ2) is 10.9. The van der Waals surface area contributed by atoms with E-state index >= 15 is 0 Å². The van der Waals surface area contributed by atoms with Crippen LogP contribution in [-0.2, 0) is 11.2 Å². The summed E-state index contributed by atoms with van der Waals surface area (Å²) < 4.78 is 42.4. The molecule has 10 heteroatoms. The van der Waals surface area contributed by atoms with Gasteiger partial charge in [0.15, 0.2) is 0 Å². The van der Waals surface area contributed by atoms with Gasteiger partial charge in [-0.25, -0.2) is 13.2 Å². The van der Waals surface area contributed by atoms with E-state index in [4.69, 9.17) is 0 Å². The van der Waals surface area contributed by atoms with Gasteiger partial charge in [0.05, 0.1) is 23.0 Å². The molecule has 3 aromatic carbocycles. The smallest absolute Gasteiger partial charge is 0.272 e. The van der Waals surface area contributed by atoms with Crippen molar-refractivity contribution in [3.8, 4) is 11.1 Å². The van der Waals surface area contributed by atoms with Gasteiger partial charge in [0.25, 0.3) is 11.6 Å². The molecule has 2 aliphatic rings. The fourth-order valence-electron chi connectivity index (χ4n) is 5.50. The number of nitrogens with zero attached hydrogens (tertiary/aromatic N) is 3. The molecular formula is C29H26F3N3O4. The summed E-state index contributed by atoms with van der Waals surface area (Å²) in [5.74, 6) is -2.10. The zero-order valence-corrected chi connectivity index (χ0v) is 21.0. The number of rotatable bonds is 5. The van der Waals surface area contributed by atoms with E-state index in [1.807, 2.05) is 0 Å². The molecule has 2 heterocycles. The molecule has 0 N–H and O–H groups in total. The third-order valence-corrected chi connectivity index (χ3v) is 7.72. The Labute approximate surface area is 223 Å². The van der Waals surface area contributed by atoms with E-state index in [-0.39, 0.29) is 52.7 Å². The molecule has 202 valence electrons. The number of nitro benzene ring substituents is 1. The van der Waals surface area contributed by atoms with E-state index in [2.05, 4.69) is 0 Å². The molecule has 0 saturated carbocycles. The van der Waals surface area contributed by atoms with E-state index in [0.29, 0.717) is 50.1 Å². The number of hydrogen-bond donors (Lipinski definition) is 0. The molecule has 0 bridgehead atoms. The summed E-state index contributed by atoms with van der Waals surface area (Å²) in [6.45, 7) is 1.83.